The molecule has 2 amide bonds. The van der Waals surface area contributed by atoms with Crippen molar-refractivity contribution in [2.45, 2.75) is 11.6 Å². The SMILES string of the molecule is COC1=NN(NC(=O)N=NS(=O)(=O)C2SCCN2OCC=CCl)NC(C)=C1. The van der Waals surface area contributed by atoms with E-state index in [9.17, 15) is 13.2 Å². The van der Waals surface area contributed by atoms with Crippen LogP contribution < -0.4 is 10.9 Å². The van der Waals surface area contributed by atoms with E-state index in [1.54, 1.807) is 13.0 Å². The lowest BCUT2D eigenvalue weighted by Gasteiger charge is -2.23. The highest BCUT2D eigenvalue weighted by Crippen LogP contribution is 2.29. The molecule has 2 N–H and O–H groups in total. The summed E-state index contributed by atoms with van der Waals surface area (Å²) in [4.78, 5) is 17.2. The van der Waals surface area contributed by atoms with Crippen LogP contribution in [-0.4, -0.2) is 61.4 Å². The van der Waals surface area contributed by atoms with Crippen LogP contribution in [0.15, 0.2) is 38.1 Å². The van der Waals surface area contributed by atoms with Crippen molar-refractivity contribution in [1.29, 1.82) is 0 Å². The van der Waals surface area contributed by atoms with Gasteiger partial charge in [0.25, 0.3) is 10.0 Å². The Morgan fingerprint density at radius 1 is 1.63 bits per heavy atom. The third-order valence-corrected chi connectivity index (χ3v) is 6.27. The fraction of sp³-hybridized carbons (Fsp3) is 0.500. The van der Waals surface area contributed by atoms with Crippen LogP contribution in [0.5, 0.6) is 0 Å². The monoisotopic (exact) mass is 439 g/mol. The van der Waals surface area contributed by atoms with Gasteiger partial charge in [0, 0.05) is 29.6 Å². The van der Waals surface area contributed by atoms with Crippen molar-refractivity contribution in [3.8, 4) is 0 Å². The number of sulfonamides is 1. The zero-order valence-corrected chi connectivity index (χ0v) is 16.8. The minimum Gasteiger partial charge on any atom is -0.480 e. The first-order valence-corrected chi connectivity index (χ1v) is 10.5. The molecule has 0 radical (unpaired) electrons. The molecule has 2 aliphatic heterocycles. The first-order chi connectivity index (χ1) is 12.9. The first-order valence-electron chi connectivity index (χ1n) is 7.47. The minimum atomic E-state index is -4.11. The van der Waals surface area contributed by atoms with Crippen LogP contribution in [0.3, 0.4) is 0 Å². The minimum absolute atomic E-state index is 0.112. The summed E-state index contributed by atoms with van der Waals surface area (Å²) in [5, 5.41) is 9.24. The maximum absolute atomic E-state index is 12.3. The lowest BCUT2D eigenvalue weighted by atomic mass is 10.4. The Bertz CT molecular complexity index is 770. The van der Waals surface area contributed by atoms with E-state index in [4.69, 9.17) is 21.2 Å². The Morgan fingerprint density at radius 2 is 2.41 bits per heavy atom. The van der Waals surface area contributed by atoms with Gasteiger partial charge in [-0.25, -0.2) is 18.6 Å². The van der Waals surface area contributed by atoms with E-state index in [1.165, 1.54) is 23.8 Å². The number of methoxy groups -OCH3 is 1. The molecule has 0 aromatic rings. The van der Waals surface area contributed by atoms with E-state index in [0.717, 1.165) is 17.0 Å². The number of hydrogen-bond acceptors (Lipinski definition) is 10. The lowest BCUT2D eigenvalue weighted by Crippen LogP contribution is -2.47. The van der Waals surface area contributed by atoms with Gasteiger partial charge in [0.1, 0.15) is 0 Å². The number of hydroxylamine groups is 2. The van der Waals surface area contributed by atoms with Gasteiger partial charge in [-0.15, -0.1) is 17.0 Å². The van der Waals surface area contributed by atoms with Gasteiger partial charge >= 0.3 is 6.03 Å². The Morgan fingerprint density at radius 3 is 3.11 bits per heavy atom. The molecule has 0 aromatic carbocycles. The smallest absolute Gasteiger partial charge is 0.381 e. The molecule has 15 heteroatoms. The van der Waals surface area contributed by atoms with Crippen LogP contribution in [0.2, 0.25) is 0 Å². The summed E-state index contributed by atoms with van der Waals surface area (Å²) in [6.45, 7) is 2.20. The molecule has 2 heterocycles. The van der Waals surface area contributed by atoms with E-state index < -0.39 is 20.8 Å². The average Bonchev–Trinajstić information content (AvgIpc) is 3.09. The second-order valence-electron chi connectivity index (χ2n) is 4.98. The molecule has 1 atom stereocenters. The zero-order chi connectivity index (χ0) is 19.9. The van der Waals surface area contributed by atoms with Crippen LogP contribution in [0.25, 0.3) is 0 Å². The number of halogens is 1. The summed E-state index contributed by atoms with van der Waals surface area (Å²) in [6, 6.07) is -1.04. The number of nitrogens with zero attached hydrogens (tertiary/aromatic N) is 5. The number of amides is 2. The van der Waals surface area contributed by atoms with E-state index >= 15 is 0 Å². The topological polar surface area (TPSA) is 137 Å². The molecule has 0 spiro atoms. The van der Waals surface area contributed by atoms with Gasteiger partial charge in [0.2, 0.25) is 10.6 Å². The Balaban J connectivity index is 1.96. The maximum Gasteiger partial charge on any atom is 0.381 e. The summed E-state index contributed by atoms with van der Waals surface area (Å²) in [6.07, 6.45) is 3.11. The molecular weight excluding hydrogens is 422 g/mol. The summed E-state index contributed by atoms with van der Waals surface area (Å²) in [7, 11) is -2.70. The molecule has 0 aromatic heterocycles. The van der Waals surface area contributed by atoms with E-state index in [-0.39, 0.29) is 12.5 Å². The number of thioether (sulfide) groups is 1. The average molecular weight is 440 g/mol. The second-order valence-corrected chi connectivity index (χ2v) is 8.36. The number of carbonyl (C=O) groups is 1. The predicted octanol–water partition coefficient (Wildman–Crippen LogP) is 1.09. The van der Waals surface area contributed by atoms with Gasteiger partial charge in [0.15, 0.2) is 0 Å². The first kappa shape index (κ1) is 21.4. The summed E-state index contributed by atoms with van der Waals surface area (Å²) >= 11 is 6.50. The van der Waals surface area contributed by atoms with Crippen molar-refractivity contribution in [2.24, 2.45) is 14.7 Å². The fourth-order valence-electron chi connectivity index (χ4n) is 1.90. The van der Waals surface area contributed by atoms with E-state index in [2.05, 4.69) is 25.6 Å². The van der Waals surface area contributed by atoms with Gasteiger partial charge in [-0.3, -0.25) is 10.3 Å². The van der Waals surface area contributed by atoms with Crippen LogP contribution in [-0.2, 0) is 19.6 Å². The fourth-order valence-corrected chi connectivity index (χ4v) is 4.62. The van der Waals surface area contributed by atoms with Crippen LogP contribution in [0.1, 0.15) is 6.92 Å². The third kappa shape index (κ3) is 6.35. The molecule has 0 bridgehead atoms. The number of rotatable bonds is 6. The van der Waals surface area contributed by atoms with Crippen molar-refractivity contribution in [2.75, 3.05) is 26.0 Å². The lowest BCUT2D eigenvalue weighted by molar-refractivity contribution is -0.132. The number of hydrazine groups is 2. The van der Waals surface area contributed by atoms with Gasteiger partial charge in [-0.1, -0.05) is 26.3 Å². The van der Waals surface area contributed by atoms with Crippen LogP contribution in [0.4, 0.5) is 4.79 Å². The number of hydrogen-bond donors (Lipinski definition) is 2. The van der Waals surface area contributed by atoms with Gasteiger partial charge < -0.3 is 4.74 Å². The van der Waals surface area contributed by atoms with E-state index in [0.29, 0.717) is 18.0 Å². The Hall–Kier alpha value is -1.87. The molecule has 150 valence electrons. The third-order valence-electron chi connectivity index (χ3n) is 2.96. The molecule has 1 unspecified atom stereocenters. The number of urea groups is 1. The molecule has 1 saturated heterocycles. The van der Waals surface area contributed by atoms with Crippen molar-refractivity contribution < 1.29 is 22.8 Å². The van der Waals surface area contributed by atoms with Gasteiger partial charge in [0.05, 0.1) is 13.7 Å². The van der Waals surface area contributed by atoms with Crippen molar-refractivity contribution in [3.63, 3.8) is 0 Å². The highest BCUT2D eigenvalue weighted by Gasteiger charge is 2.37. The highest BCUT2D eigenvalue weighted by molar-refractivity contribution is 8.13. The van der Waals surface area contributed by atoms with Crippen molar-refractivity contribution >= 4 is 45.3 Å². The summed E-state index contributed by atoms with van der Waals surface area (Å²) in [5.74, 6) is 0.755. The quantitative estimate of drug-likeness (QED) is 0.582. The Kier molecular flexibility index (Phi) is 7.85. The molecule has 2 aliphatic rings. The highest BCUT2D eigenvalue weighted by atomic mass is 35.5. The van der Waals surface area contributed by atoms with Crippen molar-refractivity contribution in [3.05, 3.63) is 23.4 Å². The standard InChI is InChI=1S/C12H18ClN7O5S2/c1-9-8-10(24-2)16-20(15-9)17-11(21)14-18-27(22,23)12-19(5-7-26-12)25-6-3-4-13/h3-4,8,12,15H,5-7H2,1-2H3,(H,17,21). The normalized spacial score (nSPS) is 21.3. The Labute approximate surface area is 165 Å². The summed E-state index contributed by atoms with van der Waals surface area (Å²) in [5.41, 5.74) is 6.79. The van der Waals surface area contributed by atoms with E-state index in [1.807, 2.05) is 0 Å². The molecule has 0 aliphatic carbocycles. The number of carbonyl (C=O) groups excluding carboxylic acids is 1. The largest absolute Gasteiger partial charge is 0.480 e. The van der Waals surface area contributed by atoms with Crippen LogP contribution in [0, 0.1) is 0 Å². The molecular formula is C12H18ClN7O5S2. The van der Waals surface area contributed by atoms with Crippen molar-refractivity contribution in [1.82, 2.24) is 21.1 Å². The number of nitrogens with one attached hydrogen (secondary N) is 2. The predicted molar refractivity (Wildman–Crippen MR) is 99.4 cm³/mol. The van der Waals surface area contributed by atoms with Gasteiger partial charge in [-0.2, -0.15) is 5.06 Å². The van der Waals surface area contributed by atoms with Gasteiger partial charge in [-0.05, 0) is 13.0 Å². The zero-order valence-electron chi connectivity index (χ0n) is 14.4. The molecule has 1 fully saturated rings. The molecule has 0 saturated carbocycles. The number of ether oxygens (including phenoxy) is 1. The number of allylic oxidation sites excluding steroid dienone is 1. The maximum atomic E-state index is 12.3. The van der Waals surface area contributed by atoms with Crippen LogP contribution >= 0.6 is 23.4 Å². The molecule has 12 nitrogen and oxygen atoms in total. The molecule has 27 heavy (non-hydrogen) atoms. The molecule has 2 rings (SSSR count). The second kappa shape index (κ2) is 9.89. The summed E-state index contributed by atoms with van der Waals surface area (Å²) < 4.78 is 31.7. The number of hydrazone groups is 1.